The van der Waals surface area contributed by atoms with Crippen molar-refractivity contribution >= 4 is 35.0 Å². The lowest BCUT2D eigenvalue weighted by atomic mass is 9.84. The number of hydrogen-bond acceptors (Lipinski definition) is 4. The first-order valence-electron chi connectivity index (χ1n) is 6.23. The van der Waals surface area contributed by atoms with Crippen LogP contribution in [0.2, 0.25) is 10.3 Å². The fourth-order valence-electron chi connectivity index (χ4n) is 3.46. The Labute approximate surface area is 120 Å². The largest absolute Gasteiger partial charge is 0.481 e. The number of nitrogens with zero attached hydrogens (tertiary/aromatic N) is 2. The van der Waals surface area contributed by atoms with E-state index in [9.17, 15) is 9.90 Å². The quantitative estimate of drug-likeness (QED) is 0.840. The van der Waals surface area contributed by atoms with Gasteiger partial charge in [-0.25, -0.2) is 4.98 Å². The summed E-state index contributed by atoms with van der Waals surface area (Å²) in [6.07, 6.45) is 4.44. The zero-order valence-electron chi connectivity index (χ0n) is 10.0. The summed E-state index contributed by atoms with van der Waals surface area (Å²) >= 11 is 11.8. The molecule has 102 valence electrons. The summed E-state index contributed by atoms with van der Waals surface area (Å²) in [5.74, 6) is -0.0676. The molecule has 0 aliphatic heterocycles. The lowest BCUT2D eigenvalue weighted by Gasteiger charge is -2.29. The van der Waals surface area contributed by atoms with Gasteiger partial charge >= 0.3 is 5.97 Å². The molecule has 2 bridgehead atoms. The fraction of sp³-hybridized carbons (Fsp3) is 0.583. The minimum absolute atomic E-state index is 0.0990. The Hall–Kier alpha value is -1.07. The lowest BCUT2D eigenvalue weighted by molar-refractivity contribution is -0.143. The number of anilines is 1. The van der Waals surface area contributed by atoms with E-state index in [2.05, 4.69) is 15.3 Å². The average Bonchev–Trinajstić information content (AvgIpc) is 2.94. The van der Waals surface area contributed by atoms with Crippen LogP contribution >= 0.6 is 23.2 Å². The van der Waals surface area contributed by atoms with Gasteiger partial charge in [-0.3, -0.25) is 4.79 Å². The third kappa shape index (κ3) is 2.25. The van der Waals surface area contributed by atoms with Gasteiger partial charge in [-0.15, -0.1) is 0 Å². The highest BCUT2D eigenvalue weighted by atomic mass is 35.5. The molecule has 0 unspecified atom stereocenters. The Morgan fingerprint density at radius 1 is 1.37 bits per heavy atom. The van der Waals surface area contributed by atoms with Crippen LogP contribution < -0.4 is 5.32 Å². The molecule has 0 radical (unpaired) electrons. The van der Waals surface area contributed by atoms with E-state index in [1.54, 1.807) is 0 Å². The van der Waals surface area contributed by atoms with E-state index in [0.717, 1.165) is 19.3 Å². The Bertz CT molecular complexity index is 526. The minimum Gasteiger partial charge on any atom is -0.481 e. The summed E-state index contributed by atoms with van der Waals surface area (Å²) in [6.45, 7) is 0. The fourth-order valence-corrected chi connectivity index (χ4v) is 3.74. The van der Waals surface area contributed by atoms with Crippen LogP contribution in [-0.2, 0) is 4.79 Å². The topological polar surface area (TPSA) is 75.1 Å². The molecule has 2 aliphatic carbocycles. The molecule has 2 aliphatic rings. The van der Waals surface area contributed by atoms with Crippen LogP contribution in [0.15, 0.2) is 6.20 Å². The molecule has 0 spiro atoms. The van der Waals surface area contributed by atoms with Crippen LogP contribution in [0.25, 0.3) is 0 Å². The van der Waals surface area contributed by atoms with Gasteiger partial charge in [0.1, 0.15) is 10.8 Å². The average molecular weight is 302 g/mol. The van der Waals surface area contributed by atoms with Crippen molar-refractivity contribution in [2.24, 2.45) is 17.8 Å². The maximum absolute atomic E-state index is 11.4. The molecule has 1 aromatic rings. The summed E-state index contributed by atoms with van der Waals surface area (Å²) < 4.78 is 0. The third-order valence-electron chi connectivity index (χ3n) is 4.22. The maximum atomic E-state index is 11.4. The number of carboxylic acids is 1. The van der Waals surface area contributed by atoms with Crippen molar-refractivity contribution in [2.75, 3.05) is 5.32 Å². The molecule has 2 N–H and O–H groups in total. The second kappa shape index (κ2) is 4.80. The van der Waals surface area contributed by atoms with Gasteiger partial charge in [0.2, 0.25) is 5.28 Å². The molecular formula is C12H13Cl2N3O2. The predicted octanol–water partition coefficient (Wildman–Crippen LogP) is 2.69. The Morgan fingerprint density at radius 2 is 2.11 bits per heavy atom. The number of halogens is 2. The first-order valence-corrected chi connectivity index (χ1v) is 6.99. The zero-order valence-corrected chi connectivity index (χ0v) is 11.5. The molecule has 4 atom stereocenters. The van der Waals surface area contributed by atoms with E-state index < -0.39 is 5.97 Å². The first kappa shape index (κ1) is 12.9. The molecule has 1 aromatic heterocycles. The number of hydrogen-bond donors (Lipinski definition) is 2. The SMILES string of the molecule is O=C(O)[C@@H]1[C@H]2CC[C@H](C2)[C@@H]1Nc1nc(Cl)ncc1Cl. The maximum Gasteiger partial charge on any atom is 0.308 e. The summed E-state index contributed by atoms with van der Waals surface area (Å²) in [5, 5.41) is 13.0. The van der Waals surface area contributed by atoms with Crippen LogP contribution in [0.3, 0.4) is 0 Å². The minimum atomic E-state index is -0.749. The van der Waals surface area contributed by atoms with E-state index in [4.69, 9.17) is 23.2 Å². The first-order chi connectivity index (χ1) is 9.06. The Morgan fingerprint density at radius 3 is 2.84 bits per heavy atom. The molecular weight excluding hydrogens is 289 g/mol. The Balaban J connectivity index is 1.85. The molecule has 2 fully saturated rings. The van der Waals surface area contributed by atoms with Crippen LogP contribution in [0.4, 0.5) is 5.82 Å². The molecule has 0 amide bonds. The van der Waals surface area contributed by atoms with Crippen molar-refractivity contribution in [3.8, 4) is 0 Å². The smallest absolute Gasteiger partial charge is 0.308 e. The van der Waals surface area contributed by atoms with Gasteiger partial charge in [-0.1, -0.05) is 11.6 Å². The summed E-state index contributed by atoms with van der Waals surface area (Å²) in [6, 6.07) is -0.125. The molecule has 1 heterocycles. The number of carbonyl (C=O) groups is 1. The van der Waals surface area contributed by atoms with Gasteiger partial charge in [0.05, 0.1) is 12.1 Å². The van der Waals surface area contributed by atoms with Crippen LogP contribution in [0, 0.1) is 17.8 Å². The molecule has 5 nitrogen and oxygen atoms in total. The van der Waals surface area contributed by atoms with Gasteiger partial charge < -0.3 is 10.4 Å². The number of fused-ring (bicyclic) bond motifs is 2. The van der Waals surface area contributed by atoms with Crippen LogP contribution in [-0.4, -0.2) is 27.1 Å². The van der Waals surface area contributed by atoms with Gasteiger partial charge in [0.25, 0.3) is 0 Å². The second-order valence-electron chi connectivity index (χ2n) is 5.20. The van der Waals surface area contributed by atoms with E-state index in [1.165, 1.54) is 6.20 Å². The third-order valence-corrected chi connectivity index (χ3v) is 4.68. The lowest BCUT2D eigenvalue weighted by Crippen LogP contribution is -2.39. The monoisotopic (exact) mass is 301 g/mol. The highest BCUT2D eigenvalue weighted by Crippen LogP contribution is 2.49. The molecule has 0 saturated heterocycles. The van der Waals surface area contributed by atoms with E-state index >= 15 is 0 Å². The van der Waals surface area contributed by atoms with Crippen molar-refractivity contribution in [1.82, 2.24) is 9.97 Å². The van der Waals surface area contributed by atoms with E-state index in [-0.39, 0.29) is 23.2 Å². The van der Waals surface area contributed by atoms with E-state index in [0.29, 0.717) is 16.8 Å². The predicted molar refractivity (Wildman–Crippen MR) is 71.4 cm³/mol. The Kier molecular flexibility index (Phi) is 3.27. The van der Waals surface area contributed by atoms with Crippen molar-refractivity contribution in [2.45, 2.75) is 25.3 Å². The van der Waals surface area contributed by atoms with E-state index in [1.807, 2.05) is 0 Å². The molecule has 0 aromatic carbocycles. The van der Waals surface area contributed by atoms with Gasteiger partial charge in [0, 0.05) is 6.04 Å². The number of nitrogens with one attached hydrogen (secondary N) is 1. The summed E-state index contributed by atoms with van der Waals surface area (Å²) in [5.41, 5.74) is 0. The van der Waals surface area contributed by atoms with Crippen LogP contribution in [0.5, 0.6) is 0 Å². The van der Waals surface area contributed by atoms with Gasteiger partial charge in [-0.2, -0.15) is 4.98 Å². The number of aromatic nitrogens is 2. The highest BCUT2D eigenvalue weighted by molar-refractivity contribution is 6.33. The van der Waals surface area contributed by atoms with Crippen molar-refractivity contribution in [1.29, 1.82) is 0 Å². The normalized spacial score (nSPS) is 32.5. The number of rotatable bonds is 3. The van der Waals surface area contributed by atoms with Crippen molar-refractivity contribution in [3.05, 3.63) is 16.5 Å². The molecule has 3 rings (SSSR count). The molecule has 2 saturated carbocycles. The summed E-state index contributed by atoms with van der Waals surface area (Å²) in [7, 11) is 0. The summed E-state index contributed by atoms with van der Waals surface area (Å²) in [4.78, 5) is 19.2. The van der Waals surface area contributed by atoms with Crippen molar-refractivity contribution < 1.29 is 9.90 Å². The van der Waals surface area contributed by atoms with Crippen molar-refractivity contribution in [3.63, 3.8) is 0 Å². The zero-order chi connectivity index (χ0) is 13.6. The van der Waals surface area contributed by atoms with Gasteiger partial charge in [0.15, 0.2) is 0 Å². The van der Waals surface area contributed by atoms with Crippen LogP contribution in [0.1, 0.15) is 19.3 Å². The second-order valence-corrected chi connectivity index (χ2v) is 5.95. The highest BCUT2D eigenvalue weighted by Gasteiger charge is 2.51. The number of carboxylic acid groups (broad SMARTS) is 1. The number of aliphatic carboxylic acids is 1. The van der Waals surface area contributed by atoms with Gasteiger partial charge in [-0.05, 0) is 42.7 Å². The molecule has 7 heteroatoms. The molecule has 19 heavy (non-hydrogen) atoms. The standard InChI is InChI=1S/C12H13Cl2N3O2/c13-7-4-15-12(14)17-10(7)16-9-6-2-1-5(3-6)8(9)11(18)19/h4-6,8-9H,1-3H2,(H,18,19)(H,15,16,17)/t5-,6+,8+,9-/m0/s1.